The van der Waals surface area contributed by atoms with Crippen LogP contribution in [0.15, 0.2) is 0 Å². The lowest BCUT2D eigenvalue weighted by molar-refractivity contribution is -0.141. The SMILES string of the molecule is CC(O)(CNC(=O)NC1CCN2CCCC12)CC(=O)O. The van der Waals surface area contributed by atoms with Gasteiger partial charge < -0.3 is 20.8 Å². The minimum atomic E-state index is -1.43. The Kier molecular flexibility index (Phi) is 4.49. The third-order valence-electron chi connectivity index (χ3n) is 4.08. The van der Waals surface area contributed by atoms with E-state index in [0.29, 0.717) is 6.04 Å². The number of rotatable bonds is 5. The van der Waals surface area contributed by atoms with Gasteiger partial charge in [-0.05, 0) is 32.7 Å². The van der Waals surface area contributed by atoms with E-state index < -0.39 is 18.0 Å². The Labute approximate surface area is 118 Å². The molecule has 2 rings (SSSR count). The zero-order chi connectivity index (χ0) is 14.8. The summed E-state index contributed by atoms with van der Waals surface area (Å²) in [5, 5.41) is 23.9. The lowest BCUT2D eigenvalue weighted by Gasteiger charge is -2.24. The maximum absolute atomic E-state index is 11.8. The van der Waals surface area contributed by atoms with Crippen molar-refractivity contribution >= 4 is 12.0 Å². The molecule has 20 heavy (non-hydrogen) atoms. The van der Waals surface area contributed by atoms with Crippen LogP contribution in [0.5, 0.6) is 0 Å². The number of hydrogen-bond acceptors (Lipinski definition) is 4. The second-order valence-corrected chi connectivity index (χ2v) is 6.04. The highest BCUT2D eigenvalue weighted by Crippen LogP contribution is 2.27. The zero-order valence-electron chi connectivity index (χ0n) is 11.8. The molecular weight excluding hydrogens is 262 g/mol. The van der Waals surface area contributed by atoms with Crippen molar-refractivity contribution < 1.29 is 19.8 Å². The number of carbonyl (C=O) groups excluding carboxylic acids is 1. The van der Waals surface area contributed by atoms with Gasteiger partial charge in [-0.25, -0.2) is 4.79 Å². The van der Waals surface area contributed by atoms with E-state index in [2.05, 4.69) is 15.5 Å². The molecule has 2 amide bonds. The van der Waals surface area contributed by atoms with Crippen LogP contribution in [0.2, 0.25) is 0 Å². The van der Waals surface area contributed by atoms with E-state index in [1.165, 1.54) is 13.3 Å². The molecule has 0 radical (unpaired) electrons. The fourth-order valence-electron chi connectivity index (χ4n) is 3.13. The van der Waals surface area contributed by atoms with Crippen LogP contribution >= 0.6 is 0 Å². The Morgan fingerprint density at radius 2 is 2.10 bits per heavy atom. The number of carboxylic acid groups (broad SMARTS) is 1. The van der Waals surface area contributed by atoms with Crippen molar-refractivity contribution in [2.24, 2.45) is 0 Å². The van der Waals surface area contributed by atoms with Gasteiger partial charge in [0.15, 0.2) is 0 Å². The standard InChI is InChI=1S/C13H23N3O4/c1-13(20,7-11(17)18)8-14-12(19)15-9-4-6-16-5-2-3-10(9)16/h9-10,20H,2-8H2,1H3,(H,17,18)(H2,14,15,19). The Balaban J connectivity index is 1.74. The summed E-state index contributed by atoms with van der Waals surface area (Å²) in [6.45, 7) is 3.45. The van der Waals surface area contributed by atoms with E-state index in [1.54, 1.807) is 0 Å². The average Bonchev–Trinajstić information content (AvgIpc) is 2.90. The Morgan fingerprint density at radius 3 is 2.80 bits per heavy atom. The minimum Gasteiger partial charge on any atom is -0.481 e. The van der Waals surface area contributed by atoms with Crippen molar-refractivity contribution in [3.63, 3.8) is 0 Å². The molecule has 2 aliphatic rings. The molecule has 3 atom stereocenters. The van der Waals surface area contributed by atoms with Gasteiger partial charge in [0.2, 0.25) is 0 Å². The van der Waals surface area contributed by atoms with Crippen molar-refractivity contribution in [3.05, 3.63) is 0 Å². The second-order valence-electron chi connectivity index (χ2n) is 6.04. The highest BCUT2D eigenvalue weighted by atomic mass is 16.4. The normalized spacial score (nSPS) is 28.7. The Hall–Kier alpha value is -1.34. The molecule has 0 aromatic rings. The summed E-state index contributed by atoms with van der Waals surface area (Å²) >= 11 is 0. The summed E-state index contributed by atoms with van der Waals surface area (Å²) in [5.41, 5.74) is -1.43. The molecule has 2 fully saturated rings. The number of nitrogens with zero attached hydrogens (tertiary/aromatic N) is 1. The van der Waals surface area contributed by atoms with Crippen LogP contribution in [0.3, 0.4) is 0 Å². The van der Waals surface area contributed by atoms with Crippen LogP contribution in [-0.2, 0) is 4.79 Å². The summed E-state index contributed by atoms with van der Waals surface area (Å²) in [6.07, 6.45) is 2.84. The molecule has 7 nitrogen and oxygen atoms in total. The van der Waals surface area contributed by atoms with Crippen LogP contribution in [0.4, 0.5) is 4.79 Å². The summed E-state index contributed by atoms with van der Waals surface area (Å²) in [6, 6.07) is 0.247. The maximum atomic E-state index is 11.8. The van der Waals surface area contributed by atoms with Gasteiger partial charge in [0.05, 0.1) is 12.0 Å². The second kappa shape index (κ2) is 5.97. The molecule has 0 aromatic heterocycles. The van der Waals surface area contributed by atoms with E-state index in [4.69, 9.17) is 5.11 Å². The van der Waals surface area contributed by atoms with E-state index in [0.717, 1.165) is 25.9 Å². The largest absolute Gasteiger partial charge is 0.481 e. The number of urea groups is 1. The van der Waals surface area contributed by atoms with Gasteiger partial charge in [0, 0.05) is 25.2 Å². The first-order valence-electron chi connectivity index (χ1n) is 7.10. The lowest BCUT2D eigenvalue weighted by atomic mass is 10.0. The number of nitrogens with one attached hydrogen (secondary N) is 2. The van der Waals surface area contributed by atoms with Gasteiger partial charge in [-0.15, -0.1) is 0 Å². The zero-order valence-corrected chi connectivity index (χ0v) is 11.8. The lowest BCUT2D eigenvalue weighted by Crippen LogP contribution is -2.50. The molecule has 2 aliphatic heterocycles. The molecule has 3 unspecified atom stereocenters. The number of fused-ring (bicyclic) bond motifs is 1. The van der Waals surface area contributed by atoms with E-state index in [9.17, 15) is 14.7 Å². The molecule has 2 saturated heterocycles. The Morgan fingerprint density at radius 1 is 1.35 bits per heavy atom. The quantitative estimate of drug-likeness (QED) is 0.558. The first-order valence-corrected chi connectivity index (χ1v) is 7.10. The van der Waals surface area contributed by atoms with Crippen molar-refractivity contribution in [1.29, 1.82) is 0 Å². The molecule has 0 spiro atoms. The predicted octanol–water partition coefficient (Wildman–Crippen LogP) is -0.252. The average molecular weight is 285 g/mol. The number of aliphatic hydroxyl groups is 1. The predicted molar refractivity (Wildman–Crippen MR) is 72.4 cm³/mol. The smallest absolute Gasteiger partial charge is 0.315 e. The molecule has 2 heterocycles. The van der Waals surface area contributed by atoms with Gasteiger partial charge in [-0.1, -0.05) is 0 Å². The first-order chi connectivity index (χ1) is 9.37. The molecule has 0 bridgehead atoms. The van der Waals surface area contributed by atoms with Crippen molar-refractivity contribution in [2.45, 2.75) is 50.3 Å². The van der Waals surface area contributed by atoms with Crippen LogP contribution < -0.4 is 10.6 Å². The van der Waals surface area contributed by atoms with Gasteiger partial charge in [0.1, 0.15) is 0 Å². The third kappa shape index (κ3) is 3.83. The molecule has 4 N–H and O–H groups in total. The summed E-state index contributed by atoms with van der Waals surface area (Å²) in [4.78, 5) is 24.8. The number of carbonyl (C=O) groups is 2. The van der Waals surface area contributed by atoms with Gasteiger partial charge in [-0.2, -0.15) is 0 Å². The van der Waals surface area contributed by atoms with Gasteiger partial charge in [0.25, 0.3) is 0 Å². The molecular formula is C13H23N3O4. The van der Waals surface area contributed by atoms with Crippen molar-refractivity contribution in [3.8, 4) is 0 Å². The monoisotopic (exact) mass is 285 g/mol. The first kappa shape index (κ1) is 15.1. The highest BCUT2D eigenvalue weighted by Gasteiger charge is 2.37. The Bertz CT molecular complexity index is 386. The van der Waals surface area contributed by atoms with Crippen molar-refractivity contribution in [1.82, 2.24) is 15.5 Å². The highest BCUT2D eigenvalue weighted by molar-refractivity contribution is 5.74. The third-order valence-corrected chi connectivity index (χ3v) is 4.08. The van der Waals surface area contributed by atoms with E-state index in [-0.39, 0.29) is 18.6 Å². The van der Waals surface area contributed by atoms with E-state index >= 15 is 0 Å². The number of aliphatic carboxylic acids is 1. The molecule has 0 aliphatic carbocycles. The molecule has 114 valence electrons. The van der Waals surface area contributed by atoms with Crippen LogP contribution in [0, 0.1) is 0 Å². The fraction of sp³-hybridized carbons (Fsp3) is 0.846. The van der Waals surface area contributed by atoms with Crippen LogP contribution in [0.25, 0.3) is 0 Å². The number of hydrogen-bond donors (Lipinski definition) is 4. The summed E-state index contributed by atoms with van der Waals surface area (Å²) in [7, 11) is 0. The topological polar surface area (TPSA) is 102 Å². The van der Waals surface area contributed by atoms with Crippen LogP contribution in [0.1, 0.15) is 32.6 Å². The number of carboxylic acids is 1. The molecule has 0 aromatic carbocycles. The summed E-state index contributed by atoms with van der Waals surface area (Å²) < 4.78 is 0. The number of amides is 2. The fourth-order valence-corrected chi connectivity index (χ4v) is 3.13. The van der Waals surface area contributed by atoms with Gasteiger partial charge >= 0.3 is 12.0 Å². The van der Waals surface area contributed by atoms with Gasteiger partial charge in [-0.3, -0.25) is 9.69 Å². The molecule has 7 heteroatoms. The van der Waals surface area contributed by atoms with E-state index in [1.807, 2.05) is 0 Å². The minimum absolute atomic E-state index is 0.0771. The summed E-state index contributed by atoms with van der Waals surface area (Å²) in [5.74, 6) is -1.09. The van der Waals surface area contributed by atoms with Crippen LogP contribution in [-0.4, -0.2) is 64.4 Å². The van der Waals surface area contributed by atoms with Crippen molar-refractivity contribution in [2.75, 3.05) is 19.6 Å². The molecule has 0 saturated carbocycles. The maximum Gasteiger partial charge on any atom is 0.315 e.